The molecule has 0 atom stereocenters. The van der Waals surface area contributed by atoms with Crippen LogP contribution >= 0.6 is 0 Å². The van der Waals surface area contributed by atoms with Crippen LogP contribution in [0.3, 0.4) is 0 Å². The van der Waals surface area contributed by atoms with E-state index in [2.05, 4.69) is 13.8 Å². The van der Waals surface area contributed by atoms with Gasteiger partial charge in [0.25, 0.3) is 0 Å². The molecule has 2 aromatic carbocycles. The Balaban J connectivity index is 0.000000922. The number of unbranched alkanes of at least 4 members (excludes halogenated alkanes) is 22. The predicted molar refractivity (Wildman–Crippen MR) is 204 cm³/mol. The standard InChI is InChI=1S/2C20H34O3S.Ca/c2*1-2-3-4-5-6-7-8-9-10-11-12-13-15-19-16-14-17-20(18-19)24(21,22)23;/h2*14,16-18H,2-13,15H2,1H3,(H,21,22,23);/q;;+2/p-2. The van der Waals surface area contributed by atoms with E-state index in [1.807, 2.05) is 12.1 Å². The maximum Gasteiger partial charge on any atom is 2.00 e. The minimum atomic E-state index is -4.33. The van der Waals surface area contributed by atoms with Crippen molar-refractivity contribution in [2.75, 3.05) is 0 Å². The zero-order chi connectivity index (χ0) is 35.4. The van der Waals surface area contributed by atoms with E-state index in [1.165, 1.54) is 166 Å². The fourth-order valence-electron chi connectivity index (χ4n) is 6.05. The Morgan fingerprint density at radius 3 is 0.898 bits per heavy atom. The number of benzene rings is 2. The maximum atomic E-state index is 11.0. The van der Waals surface area contributed by atoms with Gasteiger partial charge in [0.1, 0.15) is 20.2 Å². The van der Waals surface area contributed by atoms with Gasteiger partial charge in [-0.3, -0.25) is 0 Å². The number of hydrogen-bond donors (Lipinski definition) is 0. The van der Waals surface area contributed by atoms with Crippen LogP contribution in [0, 0.1) is 0 Å². The van der Waals surface area contributed by atoms with Crippen LogP contribution in [0.4, 0.5) is 0 Å². The largest absolute Gasteiger partial charge is 2.00 e. The average Bonchev–Trinajstić information content (AvgIpc) is 3.05. The molecule has 0 saturated carbocycles. The van der Waals surface area contributed by atoms with E-state index < -0.39 is 20.2 Å². The molecule has 0 unspecified atom stereocenters. The third kappa shape index (κ3) is 27.8. The molecule has 0 radical (unpaired) electrons. The molecule has 0 bridgehead atoms. The summed E-state index contributed by atoms with van der Waals surface area (Å²) in [6, 6.07) is 12.9. The number of rotatable bonds is 28. The van der Waals surface area contributed by atoms with Gasteiger partial charge >= 0.3 is 37.7 Å². The normalized spacial score (nSPS) is 11.5. The topological polar surface area (TPSA) is 114 Å². The van der Waals surface area contributed by atoms with Crippen LogP contribution in [0.25, 0.3) is 0 Å². The zero-order valence-corrected chi connectivity index (χ0v) is 34.8. The molecular weight excluding hydrogens is 681 g/mol. The molecule has 0 aliphatic carbocycles. The van der Waals surface area contributed by atoms with Crippen LogP contribution in [0.5, 0.6) is 0 Å². The van der Waals surface area contributed by atoms with Gasteiger partial charge in [-0.15, -0.1) is 0 Å². The van der Waals surface area contributed by atoms with Gasteiger partial charge in [0.2, 0.25) is 0 Å². The quantitative estimate of drug-likeness (QED) is 0.0486. The van der Waals surface area contributed by atoms with E-state index in [4.69, 9.17) is 0 Å². The second-order valence-electron chi connectivity index (χ2n) is 13.5. The summed E-state index contributed by atoms with van der Waals surface area (Å²) >= 11 is 0. The van der Waals surface area contributed by atoms with Crippen LogP contribution < -0.4 is 0 Å². The van der Waals surface area contributed by atoms with Crippen LogP contribution in [0.2, 0.25) is 0 Å². The van der Waals surface area contributed by atoms with Gasteiger partial charge in [-0.1, -0.05) is 179 Å². The van der Waals surface area contributed by atoms with Crippen LogP contribution in [-0.2, 0) is 33.1 Å². The maximum absolute atomic E-state index is 11.0. The van der Waals surface area contributed by atoms with Crippen molar-refractivity contribution in [1.82, 2.24) is 0 Å². The molecule has 0 aliphatic heterocycles. The van der Waals surface area contributed by atoms with Crippen molar-refractivity contribution in [2.45, 2.75) is 191 Å². The van der Waals surface area contributed by atoms with Crippen molar-refractivity contribution in [3.8, 4) is 0 Å². The van der Waals surface area contributed by atoms with Crippen molar-refractivity contribution in [2.24, 2.45) is 0 Å². The van der Waals surface area contributed by atoms with Crippen molar-refractivity contribution in [1.29, 1.82) is 0 Å². The van der Waals surface area contributed by atoms with Crippen LogP contribution in [0.1, 0.15) is 179 Å². The summed E-state index contributed by atoms with van der Waals surface area (Å²) in [7, 11) is -8.66. The number of hydrogen-bond acceptors (Lipinski definition) is 6. The van der Waals surface area contributed by atoms with Crippen molar-refractivity contribution >= 4 is 58.0 Å². The summed E-state index contributed by atoms with van der Waals surface area (Å²) in [6.45, 7) is 4.50. The summed E-state index contributed by atoms with van der Waals surface area (Å²) in [6.07, 6.45) is 33.1. The first-order valence-corrected chi connectivity index (χ1v) is 22.0. The summed E-state index contributed by atoms with van der Waals surface area (Å²) in [5.41, 5.74) is 1.89. The monoisotopic (exact) mass is 746 g/mol. The van der Waals surface area contributed by atoms with E-state index in [1.54, 1.807) is 12.1 Å². The second-order valence-corrected chi connectivity index (χ2v) is 16.2. The zero-order valence-electron chi connectivity index (χ0n) is 31.0. The van der Waals surface area contributed by atoms with Gasteiger partial charge in [0.15, 0.2) is 0 Å². The van der Waals surface area contributed by atoms with Gasteiger partial charge in [0, 0.05) is 0 Å². The van der Waals surface area contributed by atoms with Gasteiger partial charge in [-0.05, 0) is 61.1 Å². The van der Waals surface area contributed by atoms with Crippen molar-refractivity contribution in [3.05, 3.63) is 59.7 Å². The molecule has 276 valence electrons. The Morgan fingerprint density at radius 1 is 0.408 bits per heavy atom. The minimum Gasteiger partial charge on any atom is -0.744 e. The van der Waals surface area contributed by atoms with E-state index in [0.29, 0.717) is 0 Å². The molecule has 6 nitrogen and oxygen atoms in total. The molecule has 0 aliphatic rings. The summed E-state index contributed by atoms with van der Waals surface area (Å²) < 4.78 is 66.0. The fraction of sp³-hybridized carbons (Fsp3) is 0.700. The molecule has 0 spiro atoms. The van der Waals surface area contributed by atoms with Gasteiger partial charge in [-0.2, -0.15) is 0 Å². The summed E-state index contributed by atoms with van der Waals surface area (Å²) in [5, 5.41) is 0. The predicted octanol–water partition coefficient (Wildman–Crippen LogP) is 11.3. The van der Waals surface area contributed by atoms with Crippen LogP contribution in [0.15, 0.2) is 58.3 Å². The first-order valence-electron chi connectivity index (χ1n) is 19.2. The molecule has 49 heavy (non-hydrogen) atoms. The second kappa shape index (κ2) is 31.1. The molecule has 0 fully saturated rings. The molecule has 2 aromatic rings. The number of aryl methyl sites for hydroxylation is 2. The summed E-state index contributed by atoms with van der Waals surface area (Å²) in [4.78, 5) is -0.224. The van der Waals surface area contributed by atoms with Crippen molar-refractivity contribution < 1.29 is 25.9 Å². The van der Waals surface area contributed by atoms with E-state index in [0.717, 1.165) is 36.8 Å². The van der Waals surface area contributed by atoms with E-state index in [-0.39, 0.29) is 47.5 Å². The molecule has 0 aromatic heterocycles. The van der Waals surface area contributed by atoms with Gasteiger partial charge < -0.3 is 9.11 Å². The van der Waals surface area contributed by atoms with E-state index in [9.17, 15) is 25.9 Å². The third-order valence-corrected chi connectivity index (χ3v) is 10.7. The Bertz CT molecular complexity index is 1180. The van der Waals surface area contributed by atoms with Gasteiger partial charge in [0.05, 0.1) is 9.79 Å². The first-order chi connectivity index (χ1) is 23.1. The molecule has 0 saturated heterocycles. The Hall–Kier alpha value is -0.480. The molecular formula is C40H66CaO6S2. The molecule has 0 heterocycles. The van der Waals surface area contributed by atoms with Crippen LogP contribution in [-0.4, -0.2) is 63.7 Å². The van der Waals surface area contributed by atoms with Crippen molar-refractivity contribution in [3.63, 3.8) is 0 Å². The Labute approximate surface area is 331 Å². The molecule has 0 amide bonds. The van der Waals surface area contributed by atoms with Gasteiger partial charge in [-0.25, -0.2) is 16.8 Å². The molecule has 0 N–H and O–H groups in total. The Kier molecular flexibility index (Phi) is 30.8. The summed E-state index contributed by atoms with van der Waals surface area (Å²) in [5.74, 6) is 0. The smallest absolute Gasteiger partial charge is 0.744 e. The SMILES string of the molecule is CCCCCCCCCCCCCCc1cccc(S(=O)(=O)[O-])c1.CCCCCCCCCCCCCCc1cccc(S(=O)(=O)[O-])c1.[Ca+2]. The average molecular weight is 747 g/mol. The molecule has 2 rings (SSSR count). The minimum absolute atomic E-state index is 0. The van der Waals surface area contributed by atoms with E-state index >= 15 is 0 Å². The first kappa shape index (κ1) is 48.5. The Morgan fingerprint density at radius 2 is 0.653 bits per heavy atom. The molecule has 9 heteroatoms. The third-order valence-electron chi connectivity index (χ3n) is 9.01. The fourth-order valence-corrected chi connectivity index (χ4v) is 7.14.